The molecule has 8 nitrogen and oxygen atoms in total. The highest BCUT2D eigenvalue weighted by Crippen LogP contribution is 2.08. The lowest BCUT2D eigenvalue weighted by molar-refractivity contribution is -0.680. The van der Waals surface area contributed by atoms with Gasteiger partial charge in [0.1, 0.15) is 19.4 Å². The average molecular weight is 293 g/mol. The molecule has 2 N–H and O–H groups in total. The zero-order valence-electron chi connectivity index (χ0n) is 11.0. The summed E-state index contributed by atoms with van der Waals surface area (Å²) < 4.78 is 7.06. The molecule has 108 valence electrons. The third kappa shape index (κ3) is 4.49. The summed E-state index contributed by atoms with van der Waals surface area (Å²) in [5.74, 6) is 0.602. The number of nitro groups is 1. The Kier molecular flexibility index (Phi) is 6.43. The van der Waals surface area contributed by atoms with E-state index in [2.05, 4.69) is 10.1 Å². The molecule has 0 fully saturated rings. The molecular formula is C10H17ClN4O4. The van der Waals surface area contributed by atoms with Gasteiger partial charge in [0.2, 0.25) is 5.54 Å². The number of imidazole rings is 1. The second-order valence-electron chi connectivity index (χ2n) is 4.53. The van der Waals surface area contributed by atoms with Crippen LogP contribution in [0.4, 0.5) is 0 Å². The van der Waals surface area contributed by atoms with Gasteiger partial charge < -0.3 is 22.4 Å². The molecule has 0 radical (unpaired) electrons. The Morgan fingerprint density at radius 3 is 2.84 bits per heavy atom. The Morgan fingerprint density at radius 1 is 1.68 bits per heavy atom. The van der Waals surface area contributed by atoms with Crippen molar-refractivity contribution in [3.63, 3.8) is 0 Å². The Bertz CT molecular complexity index is 458. The Morgan fingerprint density at radius 2 is 2.32 bits per heavy atom. The number of H-pyrrole nitrogens is 1. The van der Waals surface area contributed by atoms with E-state index in [0.29, 0.717) is 5.82 Å². The SMILES string of the molecule is C[n+]1c(COCC(C)(C)[N+](=O)[O-])c[nH]c1C=NO.[Cl-]. The maximum atomic E-state index is 10.7. The molecule has 0 aromatic carbocycles. The smallest absolute Gasteiger partial charge is 0.301 e. The molecule has 1 aromatic rings. The molecule has 0 saturated carbocycles. The van der Waals surface area contributed by atoms with Crippen LogP contribution in [-0.4, -0.2) is 33.5 Å². The van der Waals surface area contributed by atoms with E-state index in [0.717, 1.165) is 5.69 Å². The van der Waals surface area contributed by atoms with Crippen molar-refractivity contribution in [2.75, 3.05) is 6.61 Å². The molecule has 0 aliphatic carbocycles. The summed E-state index contributed by atoms with van der Waals surface area (Å²) in [6, 6.07) is 0. The first-order chi connectivity index (χ1) is 8.38. The first-order valence-corrected chi connectivity index (χ1v) is 5.34. The molecule has 19 heavy (non-hydrogen) atoms. The molecule has 0 unspecified atom stereocenters. The molecule has 0 amide bonds. The monoisotopic (exact) mass is 292 g/mol. The van der Waals surface area contributed by atoms with Gasteiger partial charge >= 0.3 is 5.82 Å². The standard InChI is InChI=1S/C10H16N4O4.ClH/c1-10(2,14(16)17)7-18-6-8-4-11-9(5-12-15)13(8)3;/h4-5H,6-7H2,1-3H3,(H,11,15);1H. The molecular weight excluding hydrogens is 276 g/mol. The van der Waals surface area contributed by atoms with E-state index in [1.165, 1.54) is 20.1 Å². The van der Waals surface area contributed by atoms with Crippen LogP contribution >= 0.6 is 0 Å². The molecule has 0 spiro atoms. The summed E-state index contributed by atoms with van der Waals surface area (Å²) in [5, 5.41) is 22.0. The van der Waals surface area contributed by atoms with Gasteiger partial charge in [0.05, 0.1) is 7.05 Å². The van der Waals surface area contributed by atoms with Gasteiger partial charge in [-0.1, -0.05) is 5.16 Å². The maximum absolute atomic E-state index is 10.7. The van der Waals surface area contributed by atoms with Crippen molar-refractivity contribution in [3.05, 3.63) is 27.8 Å². The summed E-state index contributed by atoms with van der Waals surface area (Å²) in [7, 11) is 1.77. The number of aromatic amines is 1. The van der Waals surface area contributed by atoms with E-state index in [9.17, 15) is 10.1 Å². The number of nitrogens with zero attached hydrogens (tertiary/aromatic N) is 3. The number of nitrogens with one attached hydrogen (secondary N) is 1. The molecule has 9 heteroatoms. The van der Waals surface area contributed by atoms with Gasteiger partial charge in [-0.25, -0.2) is 9.55 Å². The predicted molar refractivity (Wildman–Crippen MR) is 62.1 cm³/mol. The van der Waals surface area contributed by atoms with Crippen LogP contribution in [0.25, 0.3) is 0 Å². The van der Waals surface area contributed by atoms with Crippen molar-refractivity contribution in [1.29, 1.82) is 0 Å². The second-order valence-corrected chi connectivity index (χ2v) is 4.53. The van der Waals surface area contributed by atoms with E-state index >= 15 is 0 Å². The van der Waals surface area contributed by atoms with Crippen molar-refractivity contribution in [1.82, 2.24) is 4.98 Å². The maximum Gasteiger partial charge on any atom is 0.301 e. The fourth-order valence-electron chi connectivity index (χ4n) is 1.28. The van der Waals surface area contributed by atoms with E-state index < -0.39 is 5.54 Å². The number of rotatable bonds is 6. The van der Waals surface area contributed by atoms with Gasteiger partial charge in [0, 0.05) is 18.8 Å². The van der Waals surface area contributed by atoms with Gasteiger partial charge in [-0.05, 0) is 0 Å². The molecule has 0 saturated heterocycles. The summed E-state index contributed by atoms with van der Waals surface area (Å²) in [5.41, 5.74) is -0.311. The Hall–Kier alpha value is -1.67. The van der Waals surface area contributed by atoms with Crippen molar-refractivity contribution in [2.45, 2.75) is 26.0 Å². The first-order valence-electron chi connectivity index (χ1n) is 5.34. The van der Waals surface area contributed by atoms with Crippen molar-refractivity contribution < 1.29 is 31.8 Å². The van der Waals surface area contributed by atoms with Crippen LogP contribution in [0.5, 0.6) is 0 Å². The molecule has 1 aromatic heterocycles. The number of hydrogen-bond donors (Lipinski definition) is 2. The summed E-state index contributed by atoms with van der Waals surface area (Å²) in [6.07, 6.45) is 2.95. The summed E-state index contributed by atoms with van der Waals surface area (Å²) >= 11 is 0. The van der Waals surface area contributed by atoms with E-state index in [1.54, 1.807) is 17.8 Å². The lowest BCUT2D eigenvalue weighted by atomic mass is 10.1. The van der Waals surface area contributed by atoms with Crippen LogP contribution in [0, 0.1) is 10.1 Å². The van der Waals surface area contributed by atoms with Gasteiger partial charge in [-0.3, -0.25) is 10.1 Å². The highest BCUT2D eigenvalue weighted by molar-refractivity contribution is 5.71. The van der Waals surface area contributed by atoms with Gasteiger partial charge in [0.15, 0.2) is 11.9 Å². The zero-order chi connectivity index (χ0) is 13.8. The average Bonchev–Trinajstić information content (AvgIpc) is 2.62. The second kappa shape index (κ2) is 7.05. The van der Waals surface area contributed by atoms with Crippen molar-refractivity contribution in [2.24, 2.45) is 12.2 Å². The quantitative estimate of drug-likeness (QED) is 0.195. The Balaban J connectivity index is 0.00000324. The topological polar surface area (TPSA) is 105 Å². The molecule has 0 aliphatic heterocycles. The van der Waals surface area contributed by atoms with Crippen LogP contribution in [0.15, 0.2) is 11.4 Å². The third-order valence-electron chi connectivity index (χ3n) is 2.56. The van der Waals surface area contributed by atoms with E-state index in [-0.39, 0.29) is 30.5 Å². The van der Waals surface area contributed by atoms with Crippen LogP contribution in [0.3, 0.4) is 0 Å². The number of aromatic nitrogens is 2. The minimum Gasteiger partial charge on any atom is -1.00 e. The lowest BCUT2D eigenvalue weighted by Gasteiger charge is -2.14. The zero-order valence-corrected chi connectivity index (χ0v) is 11.7. The number of ether oxygens (including phenoxy) is 1. The third-order valence-corrected chi connectivity index (χ3v) is 2.56. The normalized spacial score (nSPS) is 11.5. The fourth-order valence-corrected chi connectivity index (χ4v) is 1.28. The summed E-state index contributed by atoms with van der Waals surface area (Å²) in [4.78, 5) is 13.2. The molecule has 0 bridgehead atoms. The molecule has 1 heterocycles. The first kappa shape index (κ1) is 17.3. The molecule has 1 rings (SSSR count). The van der Waals surface area contributed by atoms with E-state index in [1.807, 2.05) is 0 Å². The molecule has 0 atom stereocenters. The highest BCUT2D eigenvalue weighted by atomic mass is 35.5. The van der Waals surface area contributed by atoms with Crippen LogP contribution in [-0.2, 0) is 18.4 Å². The highest BCUT2D eigenvalue weighted by Gasteiger charge is 2.31. The molecule has 0 aliphatic rings. The summed E-state index contributed by atoms with van der Waals surface area (Å²) in [6.45, 7) is 3.28. The minimum atomic E-state index is -1.11. The van der Waals surface area contributed by atoms with Crippen LogP contribution < -0.4 is 17.0 Å². The van der Waals surface area contributed by atoms with Gasteiger partial charge in [-0.2, -0.15) is 0 Å². The van der Waals surface area contributed by atoms with Crippen LogP contribution in [0.2, 0.25) is 0 Å². The fraction of sp³-hybridized carbons (Fsp3) is 0.600. The number of halogens is 1. The minimum absolute atomic E-state index is 0. The van der Waals surface area contributed by atoms with Gasteiger partial charge in [0.25, 0.3) is 0 Å². The lowest BCUT2D eigenvalue weighted by Crippen LogP contribution is -3.00. The van der Waals surface area contributed by atoms with Crippen molar-refractivity contribution >= 4 is 6.21 Å². The van der Waals surface area contributed by atoms with Crippen LogP contribution in [0.1, 0.15) is 25.4 Å². The Labute approximate surface area is 116 Å². The van der Waals surface area contributed by atoms with E-state index in [4.69, 9.17) is 9.94 Å². The number of hydrogen-bond acceptors (Lipinski definition) is 5. The number of oxime groups is 1. The van der Waals surface area contributed by atoms with Crippen molar-refractivity contribution in [3.8, 4) is 0 Å². The predicted octanol–water partition coefficient (Wildman–Crippen LogP) is -2.78. The van der Waals surface area contributed by atoms with Gasteiger partial charge in [-0.15, -0.1) is 0 Å². The largest absolute Gasteiger partial charge is 1.00 e.